The van der Waals surface area contributed by atoms with Crippen LogP contribution in [0.25, 0.3) is 0 Å². The summed E-state index contributed by atoms with van der Waals surface area (Å²) >= 11 is 0. The Morgan fingerprint density at radius 2 is 2.10 bits per heavy atom. The number of benzene rings is 1. The number of aromatic nitrogens is 1. The zero-order valence-electron chi connectivity index (χ0n) is 9.86. The number of rotatable bonds is 3. The van der Waals surface area contributed by atoms with Crippen LogP contribution in [0.15, 0.2) is 35.2 Å². The number of carbonyl (C=O) groups excluding carboxylic acids is 1. The van der Waals surface area contributed by atoms with E-state index in [4.69, 9.17) is 5.84 Å². The van der Waals surface area contributed by atoms with E-state index in [9.17, 15) is 18.0 Å². The number of hydrogen-bond donors (Lipinski definition) is 3. The van der Waals surface area contributed by atoms with Crippen LogP contribution in [0.4, 0.5) is 24.5 Å². The van der Waals surface area contributed by atoms with Crippen LogP contribution >= 0.6 is 0 Å². The molecule has 1 aromatic heterocycles. The molecule has 1 amide bonds. The van der Waals surface area contributed by atoms with Crippen molar-refractivity contribution in [3.63, 3.8) is 0 Å². The van der Waals surface area contributed by atoms with Crippen LogP contribution < -0.4 is 16.6 Å². The third-order valence-electron chi connectivity index (χ3n) is 2.44. The van der Waals surface area contributed by atoms with Crippen molar-refractivity contribution in [3.8, 4) is 0 Å². The molecule has 0 aliphatic heterocycles. The van der Waals surface area contributed by atoms with Crippen molar-refractivity contribution in [2.75, 3.05) is 10.7 Å². The number of hydrazine groups is 1. The van der Waals surface area contributed by atoms with Gasteiger partial charge in [-0.1, -0.05) is 5.16 Å². The Kier molecular flexibility index (Phi) is 3.61. The highest BCUT2D eigenvalue weighted by Crippen LogP contribution is 2.31. The molecule has 0 radical (unpaired) electrons. The fourth-order valence-electron chi connectivity index (χ4n) is 1.50. The lowest BCUT2D eigenvalue weighted by atomic mass is 10.1. The zero-order chi connectivity index (χ0) is 14.8. The van der Waals surface area contributed by atoms with E-state index in [1.54, 1.807) is 0 Å². The molecule has 0 saturated heterocycles. The highest BCUT2D eigenvalue weighted by molar-refractivity contribution is 6.08. The van der Waals surface area contributed by atoms with Gasteiger partial charge < -0.3 is 15.3 Å². The predicted octanol–water partition coefficient (Wildman–Crippen LogP) is 2.23. The number of nitrogens with two attached hydrogens (primary N) is 1. The fourth-order valence-corrected chi connectivity index (χ4v) is 1.50. The minimum Gasteiger partial charge on any atom is -0.363 e. The Morgan fingerprint density at radius 1 is 1.35 bits per heavy atom. The number of alkyl halides is 3. The number of anilines is 2. The second-order valence-corrected chi connectivity index (χ2v) is 3.77. The maximum Gasteiger partial charge on any atom is 0.416 e. The van der Waals surface area contributed by atoms with Crippen molar-refractivity contribution in [1.29, 1.82) is 0 Å². The molecule has 0 aliphatic carbocycles. The predicted molar refractivity (Wildman–Crippen MR) is 63.7 cm³/mol. The lowest BCUT2D eigenvalue weighted by Crippen LogP contribution is -2.18. The van der Waals surface area contributed by atoms with Gasteiger partial charge in [0.05, 0.1) is 23.0 Å². The SMILES string of the molecule is NNc1ccc(C(F)(F)F)cc1C(=O)Nc1cnoc1. The molecule has 1 aromatic carbocycles. The monoisotopic (exact) mass is 286 g/mol. The topological polar surface area (TPSA) is 93.2 Å². The summed E-state index contributed by atoms with van der Waals surface area (Å²) in [5.41, 5.74) is 1.25. The first-order valence-corrected chi connectivity index (χ1v) is 5.30. The van der Waals surface area contributed by atoms with Gasteiger partial charge in [-0.3, -0.25) is 10.6 Å². The van der Waals surface area contributed by atoms with E-state index in [0.717, 1.165) is 18.4 Å². The van der Waals surface area contributed by atoms with Gasteiger partial charge in [0.2, 0.25) is 0 Å². The molecule has 0 atom stereocenters. The van der Waals surface area contributed by atoms with Crippen LogP contribution in [0.1, 0.15) is 15.9 Å². The summed E-state index contributed by atoms with van der Waals surface area (Å²) in [5.74, 6) is 4.41. The quantitative estimate of drug-likeness (QED) is 0.594. The lowest BCUT2D eigenvalue weighted by molar-refractivity contribution is -0.137. The van der Waals surface area contributed by atoms with Crippen molar-refractivity contribution >= 4 is 17.3 Å². The molecular formula is C11H9F3N4O2. The van der Waals surface area contributed by atoms with Crippen LogP contribution in [0.3, 0.4) is 0 Å². The zero-order valence-corrected chi connectivity index (χ0v) is 9.86. The normalized spacial score (nSPS) is 11.2. The van der Waals surface area contributed by atoms with Gasteiger partial charge in [-0.15, -0.1) is 0 Å². The van der Waals surface area contributed by atoms with Crippen LogP contribution in [0.5, 0.6) is 0 Å². The second-order valence-electron chi connectivity index (χ2n) is 3.77. The van der Waals surface area contributed by atoms with Crippen molar-refractivity contribution in [1.82, 2.24) is 5.16 Å². The maximum absolute atomic E-state index is 12.6. The average molecular weight is 286 g/mol. The molecule has 0 fully saturated rings. The molecule has 4 N–H and O–H groups in total. The number of amides is 1. The van der Waals surface area contributed by atoms with Crippen LogP contribution in [0.2, 0.25) is 0 Å². The molecule has 9 heteroatoms. The third-order valence-corrected chi connectivity index (χ3v) is 2.44. The maximum atomic E-state index is 12.6. The first kappa shape index (κ1) is 13.9. The summed E-state index contributed by atoms with van der Waals surface area (Å²) < 4.78 is 42.4. The Bertz CT molecular complexity index is 611. The van der Waals surface area contributed by atoms with Gasteiger partial charge in [0, 0.05) is 0 Å². The van der Waals surface area contributed by atoms with E-state index in [2.05, 4.69) is 20.4 Å². The highest BCUT2D eigenvalue weighted by atomic mass is 19.4. The molecule has 2 rings (SSSR count). The standard InChI is InChI=1S/C11H9F3N4O2/c12-11(13,14)6-1-2-9(18-15)8(3-6)10(19)17-7-4-16-20-5-7/h1-5,18H,15H2,(H,17,19). The number of nitrogens with zero attached hydrogens (tertiary/aromatic N) is 1. The number of halogens is 3. The summed E-state index contributed by atoms with van der Waals surface area (Å²) in [6.45, 7) is 0. The van der Waals surface area contributed by atoms with Gasteiger partial charge in [-0.2, -0.15) is 13.2 Å². The molecular weight excluding hydrogens is 277 g/mol. The Balaban J connectivity index is 2.35. The summed E-state index contributed by atoms with van der Waals surface area (Å²) in [6, 6.07) is 2.61. The van der Waals surface area contributed by atoms with Crippen molar-refractivity contribution in [2.45, 2.75) is 6.18 Å². The minimum atomic E-state index is -4.56. The van der Waals surface area contributed by atoms with Crippen molar-refractivity contribution in [2.24, 2.45) is 5.84 Å². The molecule has 1 heterocycles. The van der Waals surface area contributed by atoms with E-state index in [1.165, 1.54) is 6.20 Å². The first-order chi connectivity index (χ1) is 9.41. The van der Waals surface area contributed by atoms with Gasteiger partial charge in [0.15, 0.2) is 0 Å². The van der Waals surface area contributed by atoms with Gasteiger partial charge in [-0.05, 0) is 18.2 Å². The molecule has 2 aromatic rings. The number of hydrogen-bond acceptors (Lipinski definition) is 5. The van der Waals surface area contributed by atoms with Crippen molar-refractivity contribution < 1.29 is 22.5 Å². The van der Waals surface area contributed by atoms with Gasteiger partial charge in [0.25, 0.3) is 5.91 Å². The van der Waals surface area contributed by atoms with E-state index >= 15 is 0 Å². The molecule has 0 spiro atoms. The van der Waals surface area contributed by atoms with E-state index < -0.39 is 17.6 Å². The van der Waals surface area contributed by atoms with Crippen LogP contribution in [-0.4, -0.2) is 11.1 Å². The van der Waals surface area contributed by atoms with Gasteiger partial charge in [0.1, 0.15) is 12.0 Å². The summed E-state index contributed by atoms with van der Waals surface area (Å²) in [7, 11) is 0. The fraction of sp³-hybridized carbons (Fsp3) is 0.0909. The molecule has 106 valence electrons. The van der Waals surface area contributed by atoms with Crippen LogP contribution in [0, 0.1) is 0 Å². The highest BCUT2D eigenvalue weighted by Gasteiger charge is 2.31. The van der Waals surface area contributed by atoms with Gasteiger partial charge in [-0.25, -0.2) is 0 Å². The average Bonchev–Trinajstić information content (AvgIpc) is 2.89. The van der Waals surface area contributed by atoms with E-state index in [1.807, 2.05) is 0 Å². The minimum absolute atomic E-state index is 0.0620. The Hall–Kier alpha value is -2.55. The number of nitrogen functional groups attached to an aromatic ring is 1. The van der Waals surface area contributed by atoms with E-state index in [0.29, 0.717) is 6.07 Å². The Labute approximate surface area is 110 Å². The summed E-state index contributed by atoms with van der Waals surface area (Å²) in [4.78, 5) is 11.9. The van der Waals surface area contributed by atoms with Crippen molar-refractivity contribution in [3.05, 3.63) is 41.8 Å². The first-order valence-electron chi connectivity index (χ1n) is 5.30. The summed E-state index contributed by atoms with van der Waals surface area (Å²) in [6.07, 6.45) is -2.21. The summed E-state index contributed by atoms with van der Waals surface area (Å²) in [5, 5.41) is 5.69. The molecule has 6 nitrogen and oxygen atoms in total. The van der Waals surface area contributed by atoms with E-state index in [-0.39, 0.29) is 16.9 Å². The molecule has 0 aliphatic rings. The molecule has 0 saturated carbocycles. The Morgan fingerprint density at radius 3 is 2.65 bits per heavy atom. The molecule has 0 bridgehead atoms. The largest absolute Gasteiger partial charge is 0.416 e. The second kappa shape index (κ2) is 5.21. The number of carbonyl (C=O) groups is 1. The number of nitrogens with one attached hydrogen (secondary N) is 2. The molecule has 0 unspecified atom stereocenters. The van der Waals surface area contributed by atoms with Gasteiger partial charge >= 0.3 is 6.18 Å². The third kappa shape index (κ3) is 2.88. The van der Waals surface area contributed by atoms with Crippen LogP contribution in [-0.2, 0) is 6.18 Å². The lowest BCUT2D eigenvalue weighted by Gasteiger charge is -2.12. The smallest absolute Gasteiger partial charge is 0.363 e. The molecule has 20 heavy (non-hydrogen) atoms.